The number of piperazine rings is 1. The van der Waals surface area contributed by atoms with Gasteiger partial charge in [-0.1, -0.05) is 48.5 Å². The highest BCUT2D eigenvalue weighted by molar-refractivity contribution is 6.01. The van der Waals surface area contributed by atoms with Crippen molar-refractivity contribution in [3.05, 3.63) is 70.8 Å². The molecule has 0 radical (unpaired) electrons. The van der Waals surface area contributed by atoms with Crippen LogP contribution < -0.4 is 43.4 Å². The smallest absolute Gasteiger partial charge is 0.328 e. The first kappa shape index (κ1) is 40.5. The maximum Gasteiger partial charge on any atom is 0.328 e. The average Bonchev–Trinajstić information content (AvgIpc) is 3.14. The van der Waals surface area contributed by atoms with Gasteiger partial charge in [-0.3, -0.25) is 28.8 Å². The molecule has 10 N–H and O–H groups in total. The molecule has 0 bridgehead atoms. The second kappa shape index (κ2) is 20.1. The fourth-order valence-corrected chi connectivity index (χ4v) is 5.24. The second-order valence-electron chi connectivity index (χ2n) is 11.8. The number of esters is 2. The van der Waals surface area contributed by atoms with Crippen molar-refractivity contribution < 1.29 is 47.8 Å². The third-order valence-electron chi connectivity index (χ3n) is 7.91. The summed E-state index contributed by atoms with van der Waals surface area (Å²) < 4.78 is 9.57. The highest BCUT2D eigenvalue weighted by Gasteiger charge is 2.36. The number of hydrogen-bond acceptors (Lipinski definition) is 12. The summed E-state index contributed by atoms with van der Waals surface area (Å²) in [5, 5.41) is 14.4. The Kier molecular flexibility index (Phi) is 15.7. The lowest BCUT2D eigenvalue weighted by molar-refractivity contribution is -0.145. The van der Waals surface area contributed by atoms with Crippen molar-refractivity contribution in [3.63, 3.8) is 0 Å². The summed E-state index contributed by atoms with van der Waals surface area (Å²) in [5.74, 6) is -5.79. The highest BCUT2D eigenvalue weighted by Crippen LogP contribution is 2.10. The van der Waals surface area contributed by atoms with Gasteiger partial charge in [-0.15, -0.1) is 0 Å². The largest absolute Gasteiger partial charge is 0.467 e. The van der Waals surface area contributed by atoms with E-state index < -0.39 is 97.5 Å². The van der Waals surface area contributed by atoms with Gasteiger partial charge in [0.15, 0.2) is 0 Å². The van der Waals surface area contributed by atoms with Gasteiger partial charge in [0.1, 0.15) is 24.2 Å². The minimum atomic E-state index is -1.29. The van der Waals surface area contributed by atoms with Crippen LogP contribution in [0.5, 0.6) is 0 Å². The van der Waals surface area contributed by atoms with Gasteiger partial charge < -0.3 is 52.8 Å². The van der Waals surface area contributed by atoms with Crippen LogP contribution in [0, 0.1) is 0 Å². The van der Waals surface area contributed by atoms with Crippen molar-refractivity contribution in [3.8, 4) is 0 Å². The van der Waals surface area contributed by atoms with Crippen LogP contribution in [0.1, 0.15) is 35.1 Å². The van der Waals surface area contributed by atoms with Crippen molar-refractivity contribution in [1.29, 1.82) is 0 Å². The van der Waals surface area contributed by atoms with Gasteiger partial charge in [0.25, 0.3) is 0 Å². The molecule has 3 rings (SSSR count). The van der Waals surface area contributed by atoms with E-state index in [2.05, 4.69) is 31.9 Å². The molecule has 2 unspecified atom stereocenters. The third kappa shape index (κ3) is 12.8. The van der Waals surface area contributed by atoms with Crippen molar-refractivity contribution in [2.45, 2.75) is 62.9 Å². The second-order valence-corrected chi connectivity index (χ2v) is 11.8. The monoisotopic (exact) mass is 724 g/mol. The zero-order valence-electron chi connectivity index (χ0n) is 28.8. The Morgan fingerprint density at radius 3 is 1.35 bits per heavy atom. The molecule has 0 spiro atoms. The van der Waals surface area contributed by atoms with E-state index in [1.54, 1.807) is 36.4 Å². The molecule has 0 aliphatic carbocycles. The first-order valence-corrected chi connectivity index (χ1v) is 16.3. The number of amides is 6. The molecule has 280 valence electrons. The van der Waals surface area contributed by atoms with E-state index in [-0.39, 0.29) is 12.8 Å². The zero-order chi connectivity index (χ0) is 38.2. The molecule has 1 fully saturated rings. The Balaban J connectivity index is 1.42. The van der Waals surface area contributed by atoms with E-state index in [0.29, 0.717) is 13.1 Å². The maximum atomic E-state index is 12.7. The Hall–Kier alpha value is -5.88. The molecule has 6 amide bonds. The molecular formula is C34H44N8O10. The number of benzene rings is 2. The Morgan fingerprint density at radius 2 is 1.00 bits per heavy atom. The normalized spacial score (nSPS) is 16.2. The number of ether oxygens (including phenoxy) is 2. The van der Waals surface area contributed by atoms with Crippen LogP contribution in [-0.4, -0.2) is 98.9 Å². The van der Waals surface area contributed by atoms with Crippen LogP contribution >= 0.6 is 0 Å². The van der Waals surface area contributed by atoms with Crippen molar-refractivity contribution >= 4 is 47.4 Å². The molecule has 1 aliphatic heterocycles. The van der Waals surface area contributed by atoms with Gasteiger partial charge >= 0.3 is 11.9 Å². The maximum absolute atomic E-state index is 12.7. The van der Waals surface area contributed by atoms with Gasteiger partial charge in [0.2, 0.25) is 35.4 Å². The topological polar surface area (TPSA) is 279 Å². The van der Waals surface area contributed by atoms with E-state index in [4.69, 9.17) is 20.9 Å². The van der Waals surface area contributed by atoms with Gasteiger partial charge in [-0.2, -0.15) is 0 Å². The lowest BCUT2D eigenvalue weighted by Gasteiger charge is -2.29. The van der Waals surface area contributed by atoms with Crippen LogP contribution in [-0.2, 0) is 73.8 Å². The van der Waals surface area contributed by atoms with E-state index >= 15 is 0 Å². The Morgan fingerprint density at radius 1 is 0.635 bits per heavy atom. The van der Waals surface area contributed by atoms with E-state index in [9.17, 15) is 38.4 Å². The zero-order valence-corrected chi connectivity index (χ0v) is 28.8. The quantitative estimate of drug-likeness (QED) is 0.0703. The number of methoxy groups -OCH3 is 2. The lowest BCUT2D eigenvalue weighted by Crippen LogP contribution is -2.63. The molecule has 1 aliphatic rings. The SMILES string of the molecule is COC(=O)C(Cc1cccc(CN)c1)NC(=O)CNC(=O)C[C@@H]1NC(=O)[C@@H](CC(=O)NCC(=O)NC(Cc2cccc(CN)c2)C(=O)OC)NC1=O. The van der Waals surface area contributed by atoms with Gasteiger partial charge in [-0.25, -0.2) is 9.59 Å². The molecule has 4 atom stereocenters. The van der Waals surface area contributed by atoms with Crippen LogP contribution in [0.4, 0.5) is 0 Å². The minimum absolute atomic E-state index is 0.113. The van der Waals surface area contributed by atoms with E-state index in [1.165, 1.54) is 14.2 Å². The van der Waals surface area contributed by atoms with Crippen LogP contribution in [0.3, 0.4) is 0 Å². The standard InChI is InChI=1S/C34H44N8O10/c1-51-33(49)25(11-19-5-3-7-21(9-19)15-35)39-29(45)17-37-27(43)13-23-31(47)42-24(32(48)41-23)14-28(44)38-18-30(46)40-26(34(50)52-2)12-20-6-4-8-22(10-20)16-36/h3-10,23-26H,11-18,35-36H2,1-2H3,(H,37,43)(H,38,44)(H,39,45)(H,40,46)(H,41,48)(H,42,47)/t23-,24+,25?,26?. The van der Waals surface area contributed by atoms with Crippen molar-refractivity contribution in [1.82, 2.24) is 31.9 Å². The molecular weight excluding hydrogens is 680 g/mol. The minimum Gasteiger partial charge on any atom is -0.467 e. The van der Waals surface area contributed by atoms with Gasteiger partial charge in [-0.05, 0) is 22.3 Å². The number of carbonyl (C=O) groups is 8. The molecule has 2 aromatic carbocycles. The van der Waals surface area contributed by atoms with E-state index in [0.717, 1.165) is 22.3 Å². The Labute approximate surface area is 299 Å². The first-order chi connectivity index (χ1) is 24.8. The summed E-state index contributed by atoms with van der Waals surface area (Å²) in [6.45, 7) is -0.482. The first-order valence-electron chi connectivity index (χ1n) is 16.3. The van der Waals surface area contributed by atoms with Crippen molar-refractivity contribution in [2.24, 2.45) is 11.5 Å². The lowest BCUT2D eigenvalue weighted by atomic mass is 10.0. The number of hydrogen-bond donors (Lipinski definition) is 8. The summed E-state index contributed by atoms with van der Waals surface area (Å²) in [6.07, 6.45) is -0.813. The van der Waals surface area contributed by atoms with Crippen LogP contribution in [0.2, 0.25) is 0 Å². The molecule has 1 heterocycles. The summed E-state index contributed by atoms with van der Waals surface area (Å²) in [5.41, 5.74) is 14.5. The third-order valence-corrected chi connectivity index (χ3v) is 7.91. The molecule has 0 saturated carbocycles. The summed E-state index contributed by atoms with van der Waals surface area (Å²) >= 11 is 0. The predicted octanol–water partition coefficient (Wildman–Crippen LogP) is -3.30. The summed E-state index contributed by atoms with van der Waals surface area (Å²) in [7, 11) is 2.35. The van der Waals surface area contributed by atoms with Gasteiger partial charge in [0, 0.05) is 25.9 Å². The fraction of sp³-hybridized carbons (Fsp3) is 0.412. The summed E-state index contributed by atoms with van der Waals surface area (Å²) in [4.78, 5) is 100. The highest BCUT2D eigenvalue weighted by atomic mass is 16.5. The number of nitrogens with one attached hydrogen (secondary N) is 6. The molecule has 1 saturated heterocycles. The summed E-state index contributed by atoms with van der Waals surface area (Å²) in [6, 6.07) is 9.60. The number of carbonyl (C=O) groups excluding carboxylic acids is 8. The number of nitrogens with two attached hydrogens (primary N) is 2. The molecule has 18 heteroatoms. The Bertz CT molecular complexity index is 1530. The molecule has 2 aromatic rings. The fourth-order valence-electron chi connectivity index (χ4n) is 5.24. The van der Waals surface area contributed by atoms with E-state index in [1.807, 2.05) is 12.1 Å². The number of rotatable bonds is 18. The average molecular weight is 725 g/mol. The van der Waals surface area contributed by atoms with Gasteiger partial charge in [0.05, 0.1) is 40.2 Å². The van der Waals surface area contributed by atoms with Crippen LogP contribution in [0.15, 0.2) is 48.5 Å². The van der Waals surface area contributed by atoms with Crippen LogP contribution in [0.25, 0.3) is 0 Å². The molecule has 52 heavy (non-hydrogen) atoms. The predicted molar refractivity (Wildman–Crippen MR) is 183 cm³/mol. The van der Waals surface area contributed by atoms with Crippen molar-refractivity contribution in [2.75, 3.05) is 27.3 Å². The molecule has 18 nitrogen and oxygen atoms in total. The molecule has 0 aromatic heterocycles.